The van der Waals surface area contributed by atoms with Crippen molar-refractivity contribution in [3.8, 4) is 0 Å². The lowest BCUT2D eigenvalue weighted by molar-refractivity contribution is -0.140. The molecule has 0 N–H and O–H groups in total. The summed E-state index contributed by atoms with van der Waals surface area (Å²) in [6, 6.07) is 0. The normalized spacial score (nSPS) is 22.5. The minimum atomic E-state index is -0.858. The topological polar surface area (TPSA) is 247 Å². The Kier molecular flexibility index (Phi) is 27.2. The van der Waals surface area contributed by atoms with Gasteiger partial charge >= 0.3 is 48.5 Å². The third kappa shape index (κ3) is 25.8. The van der Waals surface area contributed by atoms with Gasteiger partial charge in [0.15, 0.2) is 45.4 Å². The number of rotatable bonds is 23. The van der Waals surface area contributed by atoms with Crippen LogP contribution >= 0.6 is 0 Å². The fourth-order valence-electron chi connectivity index (χ4n) is 7.66. The Morgan fingerprint density at radius 1 is 0.487 bits per heavy atom. The van der Waals surface area contributed by atoms with Gasteiger partial charge in [-0.3, -0.25) is 0 Å². The summed E-state index contributed by atoms with van der Waals surface area (Å²) in [5, 5.41) is 0. The summed E-state index contributed by atoms with van der Waals surface area (Å²) in [4.78, 5) is 91.5. The highest BCUT2D eigenvalue weighted by Crippen LogP contribution is 2.33. The maximum Gasteiger partial charge on any atom is 0.514 e. The molecule has 0 radical (unpaired) electrons. The lowest BCUT2D eigenvalue weighted by Gasteiger charge is -2.13. The molecule has 20 heteroatoms. The summed E-state index contributed by atoms with van der Waals surface area (Å²) < 4.78 is 59.9. The first-order valence-corrected chi connectivity index (χ1v) is 26.6. The lowest BCUT2D eigenvalue weighted by Crippen LogP contribution is -2.20. The molecule has 20 nitrogen and oxygen atoms in total. The molecular formula is C58H80O20. The van der Waals surface area contributed by atoms with Crippen LogP contribution in [0.1, 0.15) is 159 Å². The standard InChI is InChI=1S/C29H40O10.C20H24O10.C9H16/c1-21(14-9-10-18-25(31)35-20-12-16-23-29(4,5)39-27(33)37-23)13-7-6-8-17-24(30)34-19-11-15-22-28(2,3)38-26(32)36-22;1-19(2)13(27-17(23)29-19)7-5-11-25-15(21)9-10-16(22)26-12-6-8-14-20(3,4)30-18(24)28-14;1-9-7-5-3-2-4-6-8-9/h8,10,15-18,21H,6-7,9,11-14,19-20H2,1-5H3;7-10H,5-6,11-12H2,1-4H3;2-3,9H,4-8H2,1H3/b17-8?,18-10?,22-15+,23-16+;10-9+,13-7+,14-8+;3-2-. The van der Waals surface area contributed by atoms with Gasteiger partial charge in [0.25, 0.3) is 0 Å². The van der Waals surface area contributed by atoms with Gasteiger partial charge in [-0.25, -0.2) is 38.4 Å². The first-order chi connectivity index (χ1) is 36.8. The van der Waals surface area contributed by atoms with E-state index in [-0.39, 0.29) is 26.4 Å². The van der Waals surface area contributed by atoms with Crippen molar-refractivity contribution in [2.24, 2.45) is 11.8 Å². The van der Waals surface area contributed by atoms with Crippen molar-refractivity contribution < 1.29 is 95.2 Å². The van der Waals surface area contributed by atoms with Crippen molar-refractivity contribution >= 4 is 48.5 Å². The first-order valence-electron chi connectivity index (χ1n) is 26.6. The Morgan fingerprint density at radius 3 is 1.17 bits per heavy atom. The van der Waals surface area contributed by atoms with Gasteiger partial charge in [0, 0.05) is 50.0 Å². The third-order valence-corrected chi connectivity index (χ3v) is 12.1. The maximum atomic E-state index is 11.8. The molecule has 4 heterocycles. The first kappa shape index (κ1) is 65.2. The van der Waals surface area contributed by atoms with E-state index in [2.05, 4.69) is 26.0 Å². The highest BCUT2D eigenvalue weighted by atomic mass is 16.8. The number of allylic oxidation sites excluding steroid dienone is 4. The van der Waals surface area contributed by atoms with E-state index in [0.717, 1.165) is 50.2 Å². The number of carbonyl (C=O) groups is 8. The van der Waals surface area contributed by atoms with Crippen molar-refractivity contribution in [3.63, 3.8) is 0 Å². The molecule has 4 aliphatic heterocycles. The fraction of sp³-hybridized carbons (Fsp3) is 0.586. The Balaban J connectivity index is 0.000000360. The van der Waals surface area contributed by atoms with E-state index in [9.17, 15) is 38.4 Å². The number of hydrogen-bond donors (Lipinski definition) is 0. The number of ether oxygens (including phenoxy) is 12. The average molecular weight is 1100 g/mol. The molecule has 5 aliphatic rings. The van der Waals surface area contributed by atoms with E-state index in [0.29, 0.717) is 54.6 Å². The van der Waals surface area contributed by atoms with E-state index in [4.69, 9.17) is 56.8 Å². The average Bonchev–Trinajstić information content (AvgIpc) is 3.98. The van der Waals surface area contributed by atoms with Gasteiger partial charge in [0.2, 0.25) is 0 Å². The molecular weight excluding hydrogens is 1020 g/mol. The fourth-order valence-corrected chi connectivity index (χ4v) is 7.66. The quantitative estimate of drug-likeness (QED) is 0.0303. The number of carbonyl (C=O) groups excluding carboxylic acids is 8. The molecule has 0 bridgehead atoms. The molecule has 0 amide bonds. The summed E-state index contributed by atoms with van der Waals surface area (Å²) in [5.74, 6) is 0.721. The molecule has 78 heavy (non-hydrogen) atoms. The van der Waals surface area contributed by atoms with Crippen LogP contribution < -0.4 is 0 Å². The second-order valence-corrected chi connectivity index (χ2v) is 20.8. The van der Waals surface area contributed by atoms with E-state index < -0.39 is 70.9 Å². The minimum absolute atomic E-state index is 0.0273. The molecule has 432 valence electrons. The van der Waals surface area contributed by atoms with Gasteiger partial charge in [0.05, 0.1) is 26.4 Å². The van der Waals surface area contributed by atoms with Crippen LogP contribution in [0.25, 0.3) is 0 Å². The molecule has 2 atom stereocenters. The third-order valence-electron chi connectivity index (χ3n) is 12.1. The van der Waals surface area contributed by atoms with Gasteiger partial charge in [0.1, 0.15) is 0 Å². The summed E-state index contributed by atoms with van der Waals surface area (Å²) >= 11 is 0. The lowest BCUT2D eigenvalue weighted by atomic mass is 9.96. The van der Waals surface area contributed by atoms with Crippen LogP contribution in [0, 0.1) is 11.8 Å². The Hall–Kier alpha value is -7.12. The van der Waals surface area contributed by atoms with Crippen LogP contribution in [0.15, 0.2) is 95.9 Å². The molecule has 0 aromatic heterocycles. The van der Waals surface area contributed by atoms with Gasteiger partial charge in [-0.1, -0.05) is 51.0 Å². The van der Waals surface area contributed by atoms with Crippen LogP contribution in [-0.2, 0) is 76.0 Å². The number of esters is 4. The van der Waals surface area contributed by atoms with Crippen LogP contribution in [0.2, 0.25) is 0 Å². The van der Waals surface area contributed by atoms with Crippen LogP contribution in [-0.4, -0.2) is 97.3 Å². The monoisotopic (exact) mass is 1100 g/mol. The Labute approximate surface area is 458 Å². The largest absolute Gasteiger partial charge is 0.514 e. The van der Waals surface area contributed by atoms with Gasteiger partial charge in [-0.05, 0) is 143 Å². The van der Waals surface area contributed by atoms with E-state index in [1.807, 2.05) is 6.08 Å². The van der Waals surface area contributed by atoms with E-state index in [1.165, 1.54) is 44.3 Å². The van der Waals surface area contributed by atoms with E-state index in [1.54, 1.807) is 85.8 Å². The minimum Gasteiger partial charge on any atom is -0.462 e. The summed E-state index contributed by atoms with van der Waals surface area (Å²) in [7, 11) is 0. The highest BCUT2D eigenvalue weighted by Gasteiger charge is 2.41. The van der Waals surface area contributed by atoms with Crippen molar-refractivity contribution in [2.75, 3.05) is 26.4 Å². The molecule has 0 saturated carbocycles. The summed E-state index contributed by atoms with van der Waals surface area (Å²) in [6.07, 6.45) is 29.3. The predicted octanol–water partition coefficient (Wildman–Crippen LogP) is 12.4. The van der Waals surface area contributed by atoms with Gasteiger partial charge in [-0.2, -0.15) is 0 Å². The second-order valence-electron chi connectivity index (χ2n) is 20.8. The van der Waals surface area contributed by atoms with Crippen LogP contribution in [0.3, 0.4) is 0 Å². The zero-order valence-corrected chi connectivity index (χ0v) is 47.0. The van der Waals surface area contributed by atoms with Crippen molar-refractivity contribution in [3.05, 3.63) is 95.9 Å². The summed E-state index contributed by atoms with van der Waals surface area (Å²) in [6.45, 7) is 18.5. The Bertz CT molecular complexity index is 2250. The Morgan fingerprint density at radius 2 is 0.821 bits per heavy atom. The SMILES string of the molecule is CC(CCC=CC(=O)OCC/C=C1/OC(=O)OC1(C)C)CCCC=CC(=O)OCC/C=C1/OC(=O)OC1(C)C.CC1(C)OC(=O)O/C1=C/CCOC(=O)/C=C/C(=O)OCC/C=C1/OC(=O)OC1(C)C.CC1CC/C=C\CCC1. The molecule has 0 spiro atoms. The van der Waals surface area contributed by atoms with Crippen LogP contribution in [0.5, 0.6) is 0 Å². The molecule has 1 aliphatic carbocycles. The van der Waals surface area contributed by atoms with Gasteiger partial charge < -0.3 is 56.8 Å². The smallest absolute Gasteiger partial charge is 0.462 e. The second kappa shape index (κ2) is 32.6. The van der Waals surface area contributed by atoms with Crippen molar-refractivity contribution in [1.82, 2.24) is 0 Å². The molecule has 4 fully saturated rings. The van der Waals surface area contributed by atoms with Crippen LogP contribution in [0.4, 0.5) is 19.2 Å². The number of hydrogen-bond acceptors (Lipinski definition) is 20. The number of unbranched alkanes of at least 4 members (excludes halogenated alkanes) is 1. The molecule has 0 aromatic rings. The maximum absolute atomic E-state index is 11.8. The van der Waals surface area contributed by atoms with Crippen molar-refractivity contribution in [2.45, 2.75) is 182 Å². The molecule has 4 saturated heterocycles. The number of cyclic esters (lactones) is 8. The molecule has 2 unspecified atom stereocenters. The highest BCUT2D eigenvalue weighted by molar-refractivity contribution is 5.91. The summed E-state index contributed by atoms with van der Waals surface area (Å²) in [5.41, 5.74) is -3.32. The van der Waals surface area contributed by atoms with Gasteiger partial charge in [-0.15, -0.1) is 0 Å². The van der Waals surface area contributed by atoms with Crippen molar-refractivity contribution in [1.29, 1.82) is 0 Å². The zero-order valence-electron chi connectivity index (χ0n) is 47.0. The molecule has 5 rings (SSSR count). The predicted molar refractivity (Wildman–Crippen MR) is 282 cm³/mol. The molecule has 0 aromatic carbocycles. The van der Waals surface area contributed by atoms with E-state index >= 15 is 0 Å². The zero-order chi connectivity index (χ0) is 57.8.